The van der Waals surface area contributed by atoms with Gasteiger partial charge in [0.15, 0.2) is 5.65 Å². The van der Waals surface area contributed by atoms with Gasteiger partial charge in [-0.3, -0.25) is 9.71 Å². The first-order chi connectivity index (χ1) is 14.0. The molecule has 0 saturated heterocycles. The van der Waals surface area contributed by atoms with Crippen molar-refractivity contribution in [1.82, 2.24) is 19.6 Å². The third kappa shape index (κ3) is 4.69. The lowest BCUT2D eigenvalue weighted by atomic mass is 10.1. The standard InChI is InChI=1S/C20H20N6O2S/c1-29(27,28)25-17-7-4-5-15(13-17)18-14-23-20-9-8-19(24-26(18)20)22-12-10-16-6-2-3-11-21-16/h2-9,11,13-14,25H,10,12H2,1H3,(H,22,24). The van der Waals surface area contributed by atoms with Gasteiger partial charge in [0.2, 0.25) is 10.0 Å². The van der Waals surface area contributed by atoms with Crippen LogP contribution in [0, 0.1) is 0 Å². The number of pyridine rings is 1. The Kier molecular flexibility index (Phi) is 5.13. The second-order valence-corrected chi connectivity index (χ2v) is 8.33. The van der Waals surface area contributed by atoms with Gasteiger partial charge >= 0.3 is 0 Å². The second-order valence-electron chi connectivity index (χ2n) is 6.58. The Morgan fingerprint density at radius 1 is 1.03 bits per heavy atom. The molecule has 4 aromatic rings. The highest BCUT2D eigenvalue weighted by molar-refractivity contribution is 7.92. The summed E-state index contributed by atoms with van der Waals surface area (Å²) in [7, 11) is -3.35. The summed E-state index contributed by atoms with van der Waals surface area (Å²) in [5.41, 5.74) is 3.79. The minimum atomic E-state index is -3.35. The van der Waals surface area contributed by atoms with Crippen molar-refractivity contribution in [3.63, 3.8) is 0 Å². The van der Waals surface area contributed by atoms with Crippen molar-refractivity contribution in [2.24, 2.45) is 0 Å². The lowest BCUT2D eigenvalue weighted by Gasteiger charge is -2.08. The zero-order valence-electron chi connectivity index (χ0n) is 15.8. The van der Waals surface area contributed by atoms with Crippen LogP contribution in [0.5, 0.6) is 0 Å². The van der Waals surface area contributed by atoms with Gasteiger partial charge in [0, 0.05) is 36.1 Å². The van der Waals surface area contributed by atoms with Crippen molar-refractivity contribution in [2.45, 2.75) is 6.42 Å². The fourth-order valence-corrected chi connectivity index (χ4v) is 3.54. The molecule has 0 spiro atoms. The highest BCUT2D eigenvalue weighted by Crippen LogP contribution is 2.24. The molecule has 0 unspecified atom stereocenters. The topological polar surface area (TPSA) is 101 Å². The molecule has 0 bridgehead atoms. The molecular weight excluding hydrogens is 388 g/mol. The number of aromatic nitrogens is 4. The smallest absolute Gasteiger partial charge is 0.229 e. The van der Waals surface area contributed by atoms with Gasteiger partial charge < -0.3 is 5.32 Å². The van der Waals surface area contributed by atoms with Crippen molar-refractivity contribution < 1.29 is 8.42 Å². The van der Waals surface area contributed by atoms with Gasteiger partial charge in [0.05, 0.1) is 18.1 Å². The van der Waals surface area contributed by atoms with Crippen LogP contribution in [-0.4, -0.2) is 40.8 Å². The number of benzene rings is 1. The molecule has 0 aliphatic heterocycles. The first-order valence-corrected chi connectivity index (χ1v) is 10.9. The van der Waals surface area contributed by atoms with Crippen molar-refractivity contribution in [2.75, 3.05) is 22.8 Å². The highest BCUT2D eigenvalue weighted by atomic mass is 32.2. The maximum Gasteiger partial charge on any atom is 0.229 e. The summed E-state index contributed by atoms with van der Waals surface area (Å²) in [6, 6.07) is 16.8. The van der Waals surface area contributed by atoms with Crippen molar-refractivity contribution in [3.8, 4) is 11.3 Å². The predicted molar refractivity (Wildman–Crippen MR) is 113 cm³/mol. The molecule has 4 rings (SSSR count). The average Bonchev–Trinajstić information content (AvgIpc) is 3.11. The summed E-state index contributed by atoms with van der Waals surface area (Å²) in [6.07, 6.45) is 5.42. The third-order valence-electron chi connectivity index (χ3n) is 4.24. The lowest BCUT2D eigenvalue weighted by molar-refractivity contribution is 0.607. The predicted octanol–water partition coefficient (Wildman–Crippen LogP) is 2.82. The number of sulfonamides is 1. The van der Waals surface area contributed by atoms with E-state index in [2.05, 4.69) is 25.1 Å². The fraction of sp³-hybridized carbons (Fsp3) is 0.150. The van der Waals surface area contributed by atoms with Gasteiger partial charge in [-0.25, -0.2) is 17.9 Å². The molecule has 0 radical (unpaired) electrons. The average molecular weight is 408 g/mol. The van der Waals surface area contributed by atoms with Crippen LogP contribution in [0.1, 0.15) is 5.69 Å². The summed E-state index contributed by atoms with van der Waals surface area (Å²) >= 11 is 0. The summed E-state index contributed by atoms with van der Waals surface area (Å²) in [5, 5.41) is 7.94. The van der Waals surface area contributed by atoms with Crippen LogP contribution in [0.15, 0.2) is 67.0 Å². The van der Waals surface area contributed by atoms with E-state index in [1.54, 1.807) is 35.1 Å². The second kappa shape index (κ2) is 7.88. The molecule has 2 N–H and O–H groups in total. The van der Waals surface area contributed by atoms with Crippen molar-refractivity contribution in [3.05, 3.63) is 72.7 Å². The van der Waals surface area contributed by atoms with Gasteiger partial charge in [0.25, 0.3) is 0 Å². The van der Waals surface area contributed by atoms with Gasteiger partial charge in [-0.05, 0) is 36.4 Å². The van der Waals surface area contributed by atoms with Crippen molar-refractivity contribution in [1.29, 1.82) is 0 Å². The van der Waals surface area contributed by atoms with Gasteiger partial charge in [0.1, 0.15) is 5.82 Å². The SMILES string of the molecule is CS(=O)(=O)Nc1cccc(-c2cnc3ccc(NCCc4ccccn4)nn23)c1. The van der Waals surface area contributed by atoms with Gasteiger partial charge in [-0.2, -0.15) is 0 Å². The third-order valence-corrected chi connectivity index (χ3v) is 4.84. The van der Waals surface area contributed by atoms with E-state index < -0.39 is 10.0 Å². The van der Waals surface area contributed by atoms with E-state index >= 15 is 0 Å². The maximum atomic E-state index is 11.5. The minimum Gasteiger partial charge on any atom is -0.368 e. The molecule has 0 atom stereocenters. The van der Waals surface area contributed by atoms with Gasteiger partial charge in [-0.15, -0.1) is 5.10 Å². The van der Waals surface area contributed by atoms with Crippen LogP contribution >= 0.6 is 0 Å². The Labute approximate surface area is 168 Å². The monoisotopic (exact) mass is 408 g/mol. The number of fused-ring (bicyclic) bond motifs is 1. The van der Waals surface area contributed by atoms with Crippen LogP contribution in [0.4, 0.5) is 11.5 Å². The molecule has 0 saturated carbocycles. The Morgan fingerprint density at radius 2 is 1.93 bits per heavy atom. The van der Waals surface area contributed by atoms with Crippen LogP contribution in [0.2, 0.25) is 0 Å². The first kappa shape index (κ1) is 18.9. The van der Waals surface area contributed by atoms with Crippen LogP contribution in [-0.2, 0) is 16.4 Å². The van der Waals surface area contributed by atoms with Crippen LogP contribution in [0.3, 0.4) is 0 Å². The summed E-state index contributed by atoms with van der Waals surface area (Å²) in [6.45, 7) is 0.702. The zero-order chi connectivity index (χ0) is 20.3. The number of nitrogens with one attached hydrogen (secondary N) is 2. The molecule has 0 amide bonds. The molecule has 3 heterocycles. The Bertz CT molecular complexity index is 1240. The van der Waals surface area contributed by atoms with Crippen molar-refractivity contribution >= 4 is 27.2 Å². The highest BCUT2D eigenvalue weighted by Gasteiger charge is 2.10. The first-order valence-electron chi connectivity index (χ1n) is 9.05. The minimum absolute atomic E-state index is 0.490. The molecule has 9 heteroatoms. The van der Waals surface area contributed by atoms with E-state index in [9.17, 15) is 8.42 Å². The molecule has 0 aliphatic rings. The van der Waals surface area contributed by atoms with E-state index in [4.69, 9.17) is 0 Å². The number of nitrogens with zero attached hydrogens (tertiary/aromatic N) is 4. The molecule has 1 aromatic carbocycles. The Hall–Kier alpha value is -3.46. The number of anilines is 2. The quantitative estimate of drug-likeness (QED) is 0.488. The Balaban J connectivity index is 1.56. The number of hydrogen-bond donors (Lipinski definition) is 2. The normalized spacial score (nSPS) is 11.5. The largest absolute Gasteiger partial charge is 0.368 e. The number of rotatable bonds is 7. The Morgan fingerprint density at radius 3 is 2.72 bits per heavy atom. The van der Waals surface area contributed by atoms with Crippen LogP contribution < -0.4 is 10.0 Å². The molecule has 29 heavy (non-hydrogen) atoms. The van der Waals surface area contributed by atoms with Gasteiger partial charge in [-0.1, -0.05) is 18.2 Å². The lowest BCUT2D eigenvalue weighted by Crippen LogP contribution is -2.09. The number of hydrogen-bond acceptors (Lipinski definition) is 6. The maximum absolute atomic E-state index is 11.5. The zero-order valence-corrected chi connectivity index (χ0v) is 16.6. The summed E-state index contributed by atoms with van der Waals surface area (Å²) < 4.78 is 27.2. The van der Waals surface area contributed by atoms with E-state index in [1.807, 2.05) is 36.4 Å². The molecule has 8 nitrogen and oxygen atoms in total. The number of imidazole rings is 1. The molecule has 0 fully saturated rings. The molecule has 0 aliphatic carbocycles. The van der Waals surface area contributed by atoms with E-state index in [-0.39, 0.29) is 0 Å². The fourth-order valence-electron chi connectivity index (χ4n) is 2.99. The van der Waals surface area contributed by atoms with E-state index in [1.165, 1.54) is 0 Å². The molecule has 3 aromatic heterocycles. The van der Waals surface area contributed by atoms with E-state index in [0.29, 0.717) is 17.9 Å². The molecule has 148 valence electrons. The summed E-state index contributed by atoms with van der Waals surface area (Å²) in [5.74, 6) is 0.720. The summed E-state index contributed by atoms with van der Waals surface area (Å²) in [4.78, 5) is 8.71. The molecular formula is C20H20N6O2S. The van der Waals surface area contributed by atoms with E-state index in [0.717, 1.165) is 35.4 Å². The van der Waals surface area contributed by atoms with Crippen LogP contribution in [0.25, 0.3) is 16.9 Å².